The smallest absolute Gasteiger partial charge is 0.326 e. The number of nitrogens with one attached hydrogen (secondary N) is 3. The number of hydrogen-bond donors (Lipinski definition) is 6. The summed E-state index contributed by atoms with van der Waals surface area (Å²) in [6, 6.07) is -4.47. The third-order valence-electron chi connectivity index (χ3n) is 11.8. The maximum Gasteiger partial charge on any atom is 0.326 e. The first-order valence-corrected chi connectivity index (χ1v) is 24.8. The number of carboxylic acid groups (broad SMARTS) is 3. The van der Waals surface area contributed by atoms with Crippen LogP contribution in [0.5, 0.6) is 0 Å². The van der Waals surface area contributed by atoms with E-state index in [0.717, 1.165) is 51.4 Å². The molecule has 0 bridgehead atoms. The summed E-state index contributed by atoms with van der Waals surface area (Å²) in [4.78, 5) is 97.8. The highest BCUT2D eigenvalue weighted by Crippen LogP contribution is 2.16. The molecule has 6 N–H and O–H groups in total. The molecule has 0 aromatic carbocycles. The molecule has 14 nitrogen and oxygen atoms in total. The molecule has 14 heteroatoms. The number of aliphatic carboxylic acids is 3. The van der Waals surface area contributed by atoms with Gasteiger partial charge in [0.25, 0.3) is 0 Å². The van der Waals surface area contributed by atoms with Gasteiger partial charge in [-0.1, -0.05) is 181 Å². The summed E-state index contributed by atoms with van der Waals surface area (Å²) < 4.78 is 0. The van der Waals surface area contributed by atoms with Gasteiger partial charge in [0.2, 0.25) is 24.0 Å². The maximum absolute atomic E-state index is 12.9. The van der Waals surface area contributed by atoms with Crippen molar-refractivity contribution in [3.8, 4) is 0 Å². The maximum atomic E-state index is 12.9. The van der Waals surface area contributed by atoms with E-state index in [1.807, 2.05) is 0 Å². The van der Waals surface area contributed by atoms with Crippen LogP contribution < -0.4 is 16.0 Å². The van der Waals surface area contributed by atoms with E-state index in [2.05, 4.69) is 29.8 Å². The Balaban J connectivity index is 4.50. The first-order valence-electron chi connectivity index (χ1n) is 24.8. The number of carbonyl (C=O) groups is 7. The summed E-state index contributed by atoms with van der Waals surface area (Å²) in [7, 11) is 0. The Labute approximate surface area is 379 Å². The average molecular weight is 893 g/mol. The largest absolute Gasteiger partial charge is 0.480 e. The molecule has 0 fully saturated rings. The zero-order valence-electron chi connectivity index (χ0n) is 39.2. The van der Waals surface area contributed by atoms with Crippen LogP contribution in [0, 0.1) is 5.92 Å². The number of carboxylic acids is 3. The van der Waals surface area contributed by atoms with Crippen LogP contribution in [0.1, 0.15) is 239 Å². The second kappa shape index (κ2) is 40.9. The monoisotopic (exact) mass is 893 g/mol. The molecule has 0 aliphatic rings. The lowest BCUT2D eigenvalue weighted by Crippen LogP contribution is -2.45. The Morgan fingerprint density at radius 2 is 0.651 bits per heavy atom. The van der Waals surface area contributed by atoms with Crippen molar-refractivity contribution in [1.82, 2.24) is 16.0 Å². The van der Waals surface area contributed by atoms with E-state index in [1.54, 1.807) is 0 Å². The number of ketones is 1. The number of amides is 3. The summed E-state index contributed by atoms with van der Waals surface area (Å²) >= 11 is 0. The standard InChI is InChI=1S/C49H86N3O11/c1-3-5-7-9-11-13-15-17-18-20-22-24-25-27-29-31-44(55)50-40(47(58)59)33-35-43(54)39(38-53)37-42(49(62)63)52-46(57)36-34-41(48(60)61)51-45(56)32-30-28-26-23-21-19-16-14-12-10-8-6-4-2/h39-42H,3-37H2,1-2H3,(H,50,55)(H,51,56)(H,52,57)(H,58,59)(H,60,61)(H,62,63)/t39?,40-,41-,42-/m0/s1. The van der Waals surface area contributed by atoms with Gasteiger partial charge >= 0.3 is 17.9 Å². The lowest BCUT2D eigenvalue weighted by Gasteiger charge is -2.19. The van der Waals surface area contributed by atoms with E-state index < -0.39 is 84.7 Å². The molecule has 0 saturated heterocycles. The topological polar surface area (TPSA) is 233 Å². The van der Waals surface area contributed by atoms with Crippen molar-refractivity contribution in [2.75, 3.05) is 0 Å². The van der Waals surface area contributed by atoms with Crippen molar-refractivity contribution in [1.29, 1.82) is 0 Å². The fourth-order valence-corrected chi connectivity index (χ4v) is 7.71. The highest BCUT2D eigenvalue weighted by Gasteiger charge is 2.31. The molecule has 0 aliphatic heterocycles. The summed E-state index contributed by atoms with van der Waals surface area (Å²) in [5, 5.41) is 36.0. The van der Waals surface area contributed by atoms with Gasteiger partial charge in [-0.05, 0) is 32.1 Å². The van der Waals surface area contributed by atoms with Gasteiger partial charge in [0, 0.05) is 25.7 Å². The Hall–Kier alpha value is -3.84. The van der Waals surface area contributed by atoms with Crippen LogP contribution in [-0.2, 0) is 38.4 Å². The van der Waals surface area contributed by atoms with Crippen molar-refractivity contribution in [3.63, 3.8) is 0 Å². The highest BCUT2D eigenvalue weighted by molar-refractivity contribution is 5.95. The molecule has 0 saturated carbocycles. The van der Waals surface area contributed by atoms with Crippen LogP contribution in [0.3, 0.4) is 0 Å². The van der Waals surface area contributed by atoms with Gasteiger partial charge in [-0.25, -0.2) is 14.4 Å². The van der Waals surface area contributed by atoms with Crippen LogP contribution in [0.4, 0.5) is 0 Å². The third kappa shape index (κ3) is 35.2. The molecule has 0 heterocycles. The van der Waals surface area contributed by atoms with Crippen molar-refractivity contribution in [3.05, 3.63) is 0 Å². The number of unbranched alkanes of at least 4 members (excludes halogenated alkanes) is 26. The minimum atomic E-state index is -1.70. The van der Waals surface area contributed by atoms with Crippen LogP contribution >= 0.6 is 0 Å². The van der Waals surface area contributed by atoms with E-state index in [4.69, 9.17) is 0 Å². The highest BCUT2D eigenvalue weighted by atomic mass is 16.4. The molecule has 0 aromatic heterocycles. The molecule has 363 valence electrons. The molecule has 0 spiro atoms. The van der Waals surface area contributed by atoms with E-state index in [9.17, 15) is 53.7 Å². The van der Waals surface area contributed by atoms with Crippen molar-refractivity contribution < 1.29 is 53.7 Å². The molecule has 63 heavy (non-hydrogen) atoms. The normalized spacial score (nSPS) is 13.0. The van der Waals surface area contributed by atoms with Gasteiger partial charge in [-0.2, -0.15) is 0 Å². The molecule has 0 rings (SSSR count). The van der Waals surface area contributed by atoms with Gasteiger partial charge in [-0.15, -0.1) is 0 Å². The number of Topliss-reactive ketones (excluding diaryl/α,β-unsaturated/α-hetero) is 1. The fourth-order valence-electron chi connectivity index (χ4n) is 7.71. The minimum absolute atomic E-state index is 0.139. The third-order valence-corrected chi connectivity index (χ3v) is 11.8. The Kier molecular flexibility index (Phi) is 38.4. The Morgan fingerprint density at radius 3 is 0.952 bits per heavy atom. The van der Waals surface area contributed by atoms with E-state index in [-0.39, 0.29) is 25.7 Å². The predicted octanol–water partition coefficient (Wildman–Crippen LogP) is 9.68. The number of carbonyl (C=O) groups excluding carboxylic acids is 5. The van der Waals surface area contributed by atoms with Gasteiger partial charge in [0.1, 0.15) is 23.9 Å². The molecule has 1 unspecified atom stereocenters. The van der Waals surface area contributed by atoms with Crippen LogP contribution in [0.25, 0.3) is 0 Å². The SMILES string of the molecule is CCCCCCCCCCCCCCCCCC(=O)N[C@@H](CCC(=O)C([C]=O)C[C@H](NC(=O)CC[C@H](NC(=O)CCCCCCCCCCCCCCC)C(=O)O)C(=O)O)C(=O)O. The lowest BCUT2D eigenvalue weighted by atomic mass is 9.93. The van der Waals surface area contributed by atoms with E-state index in [0.29, 0.717) is 12.8 Å². The molecule has 4 atom stereocenters. The molecular weight excluding hydrogens is 807 g/mol. The predicted molar refractivity (Wildman–Crippen MR) is 246 cm³/mol. The van der Waals surface area contributed by atoms with Crippen LogP contribution in [0.2, 0.25) is 0 Å². The summed E-state index contributed by atoms with van der Waals surface area (Å²) in [6.07, 6.45) is 32.1. The Morgan fingerprint density at radius 1 is 0.381 bits per heavy atom. The zero-order valence-corrected chi connectivity index (χ0v) is 39.2. The fraction of sp³-hybridized carbons (Fsp3) is 0.837. The second-order valence-corrected chi connectivity index (χ2v) is 17.5. The average Bonchev–Trinajstić information content (AvgIpc) is 3.24. The first-order chi connectivity index (χ1) is 30.4. The zero-order chi connectivity index (χ0) is 46.9. The van der Waals surface area contributed by atoms with Gasteiger partial charge in [-0.3, -0.25) is 24.0 Å². The lowest BCUT2D eigenvalue weighted by molar-refractivity contribution is -0.144. The summed E-state index contributed by atoms with van der Waals surface area (Å²) in [6.45, 7) is 4.44. The van der Waals surface area contributed by atoms with Gasteiger partial charge in [0.05, 0.1) is 5.92 Å². The second-order valence-electron chi connectivity index (χ2n) is 17.5. The number of hydrogen-bond acceptors (Lipinski definition) is 8. The molecule has 3 amide bonds. The van der Waals surface area contributed by atoms with Crippen molar-refractivity contribution >= 4 is 47.7 Å². The summed E-state index contributed by atoms with van der Waals surface area (Å²) in [5.41, 5.74) is 0. The quantitative estimate of drug-likeness (QED) is 0.0249. The van der Waals surface area contributed by atoms with Crippen LogP contribution in [-0.4, -0.2) is 81.1 Å². The molecule has 0 aromatic rings. The van der Waals surface area contributed by atoms with Crippen LogP contribution in [0.15, 0.2) is 0 Å². The summed E-state index contributed by atoms with van der Waals surface area (Å²) in [5.74, 6) is -8.44. The van der Waals surface area contributed by atoms with E-state index >= 15 is 0 Å². The number of rotatable bonds is 46. The first kappa shape index (κ1) is 59.2. The van der Waals surface area contributed by atoms with E-state index in [1.165, 1.54) is 122 Å². The molecule has 1 radical (unpaired) electrons. The van der Waals surface area contributed by atoms with Crippen molar-refractivity contribution in [2.45, 2.75) is 257 Å². The van der Waals surface area contributed by atoms with Crippen molar-refractivity contribution in [2.24, 2.45) is 5.92 Å². The Bertz CT molecular complexity index is 1280. The van der Waals surface area contributed by atoms with Gasteiger partial charge in [0.15, 0.2) is 0 Å². The molecule has 0 aliphatic carbocycles. The minimum Gasteiger partial charge on any atom is -0.480 e. The van der Waals surface area contributed by atoms with Gasteiger partial charge < -0.3 is 31.3 Å². The molecular formula is C49H86N3O11.